The second-order valence-electron chi connectivity index (χ2n) is 4.88. The molecule has 0 unspecified atom stereocenters. The second-order valence-corrected chi connectivity index (χ2v) is 6.05. The van der Waals surface area contributed by atoms with E-state index >= 15 is 0 Å². The van der Waals surface area contributed by atoms with Crippen molar-refractivity contribution in [1.82, 2.24) is 4.98 Å². The number of fused-ring (bicyclic) bond motifs is 1. The minimum atomic E-state index is 0.0197. The number of benzene rings is 2. The second kappa shape index (κ2) is 6.35. The molecule has 1 aromatic heterocycles. The minimum absolute atomic E-state index is 0.0197. The van der Waals surface area contributed by atoms with Crippen molar-refractivity contribution in [2.24, 2.45) is 0 Å². The predicted octanol–water partition coefficient (Wildman–Crippen LogP) is 3.53. The normalized spacial score (nSPS) is 11.1. The molecule has 2 aromatic carbocycles. The molecule has 3 nitrogen and oxygen atoms in total. The van der Waals surface area contributed by atoms with E-state index in [1.165, 1.54) is 16.3 Å². The fraction of sp³-hybridized carbons (Fsp3) is 0.235. The average molecular weight is 299 g/mol. The molecule has 0 bridgehead atoms. The van der Waals surface area contributed by atoms with Gasteiger partial charge in [-0.2, -0.15) is 0 Å². The maximum Gasteiger partial charge on any atom is 0.0977 e. The van der Waals surface area contributed by atoms with Crippen molar-refractivity contribution in [2.75, 3.05) is 7.11 Å². The SMILES string of the molecule is COCc1nc(Cc2cccc3ccccc23)sc1CO. The predicted molar refractivity (Wildman–Crippen MR) is 85.5 cm³/mol. The van der Waals surface area contributed by atoms with Gasteiger partial charge in [-0.15, -0.1) is 11.3 Å². The number of aliphatic hydroxyl groups is 1. The first-order chi connectivity index (χ1) is 10.3. The zero-order chi connectivity index (χ0) is 14.7. The molecule has 108 valence electrons. The van der Waals surface area contributed by atoms with Crippen molar-refractivity contribution in [2.45, 2.75) is 19.6 Å². The van der Waals surface area contributed by atoms with Crippen molar-refractivity contribution in [3.63, 3.8) is 0 Å². The van der Waals surface area contributed by atoms with Gasteiger partial charge in [-0.1, -0.05) is 42.5 Å². The van der Waals surface area contributed by atoms with Crippen molar-refractivity contribution in [3.8, 4) is 0 Å². The Hall–Kier alpha value is -1.75. The van der Waals surface area contributed by atoms with Crippen LogP contribution in [-0.2, 0) is 24.4 Å². The lowest BCUT2D eigenvalue weighted by Crippen LogP contribution is -1.94. The van der Waals surface area contributed by atoms with Gasteiger partial charge in [0.05, 0.1) is 28.8 Å². The van der Waals surface area contributed by atoms with Crippen LogP contribution in [0.2, 0.25) is 0 Å². The summed E-state index contributed by atoms with van der Waals surface area (Å²) >= 11 is 1.56. The molecule has 1 N–H and O–H groups in total. The molecule has 0 radical (unpaired) electrons. The Morgan fingerprint density at radius 2 is 1.95 bits per heavy atom. The third kappa shape index (κ3) is 2.97. The summed E-state index contributed by atoms with van der Waals surface area (Å²) in [6.07, 6.45) is 0.780. The van der Waals surface area contributed by atoms with Crippen LogP contribution < -0.4 is 0 Å². The molecule has 4 heteroatoms. The zero-order valence-corrected chi connectivity index (χ0v) is 12.7. The lowest BCUT2D eigenvalue weighted by Gasteiger charge is -2.04. The fourth-order valence-corrected chi connectivity index (χ4v) is 3.45. The molecule has 0 aliphatic rings. The molecule has 0 saturated heterocycles. The van der Waals surface area contributed by atoms with Crippen LogP contribution in [-0.4, -0.2) is 17.2 Å². The standard InChI is InChI=1S/C17H17NO2S/c1-20-11-15-16(10-19)21-17(18-15)9-13-7-4-6-12-5-2-3-8-14(12)13/h2-8,19H,9-11H2,1H3. The van der Waals surface area contributed by atoms with Crippen LogP contribution in [0.15, 0.2) is 42.5 Å². The van der Waals surface area contributed by atoms with Gasteiger partial charge < -0.3 is 9.84 Å². The van der Waals surface area contributed by atoms with Crippen LogP contribution in [0.1, 0.15) is 21.1 Å². The van der Waals surface area contributed by atoms with Crippen molar-refractivity contribution in [1.29, 1.82) is 0 Å². The van der Waals surface area contributed by atoms with Gasteiger partial charge in [-0.3, -0.25) is 0 Å². The first-order valence-electron chi connectivity index (χ1n) is 6.85. The highest BCUT2D eigenvalue weighted by Crippen LogP contribution is 2.25. The maximum absolute atomic E-state index is 9.41. The summed E-state index contributed by atoms with van der Waals surface area (Å²) in [5, 5.41) is 12.9. The van der Waals surface area contributed by atoms with E-state index in [-0.39, 0.29) is 6.61 Å². The van der Waals surface area contributed by atoms with Gasteiger partial charge >= 0.3 is 0 Å². The summed E-state index contributed by atoms with van der Waals surface area (Å²) in [6.45, 7) is 0.466. The smallest absolute Gasteiger partial charge is 0.0977 e. The lowest BCUT2D eigenvalue weighted by molar-refractivity contribution is 0.178. The first kappa shape index (κ1) is 14.2. The maximum atomic E-state index is 9.41. The molecule has 0 fully saturated rings. The first-order valence-corrected chi connectivity index (χ1v) is 7.67. The summed E-state index contributed by atoms with van der Waals surface area (Å²) in [7, 11) is 1.64. The van der Waals surface area contributed by atoms with E-state index in [9.17, 15) is 5.11 Å². The zero-order valence-electron chi connectivity index (χ0n) is 11.9. The number of methoxy groups -OCH3 is 1. The molecular weight excluding hydrogens is 282 g/mol. The largest absolute Gasteiger partial charge is 0.391 e. The third-order valence-electron chi connectivity index (χ3n) is 3.47. The number of aliphatic hydroxyl groups excluding tert-OH is 1. The molecular formula is C17H17NO2S. The number of nitrogens with zero attached hydrogens (tertiary/aromatic N) is 1. The molecule has 0 spiro atoms. The van der Waals surface area contributed by atoms with E-state index in [2.05, 4.69) is 47.4 Å². The van der Waals surface area contributed by atoms with E-state index in [4.69, 9.17) is 4.74 Å². The summed E-state index contributed by atoms with van der Waals surface area (Å²) in [5.74, 6) is 0. The fourth-order valence-electron chi connectivity index (χ4n) is 2.50. The van der Waals surface area contributed by atoms with Crippen LogP contribution >= 0.6 is 11.3 Å². The van der Waals surface area contributed by atoms with Crippen LogP contribution in [0.5, 0.6) is 0 Å². The number of ether oxygens (including phenoxy) is 1. The number of hydrogen-bond acceptors (Lipinski definition) is 4. The highest BCUT2D eigenvalue weighted by Gasteiger charge is 2.11. The van der Waals surface area contributed by atoms with Gasteiger partial charge in [0.1, 0.15) is 0 Å². The number of thiazole rings is 1. The van der Waals surface area contributed by atoms with Crippen LogP contribution in [0.4, 0.5) is 0 Å². The van der Waals surface area contributed by atoms with E-state index in [0.717, 1.165) is 22.0 Å². The Morgan fingerprint density at radius 1 is 1.14 bits per heavy atom. The molecule has 0 saturated carbocycles. The Labute approximate surface area is 127 Å². The van der Waals surface area contributed by atoms with Gasteiger partial charge in [0.25, 0.3) is 0 Å². The van der Waals surface area contributed by atoms with Gasteiger partial charge in [-0.25, -0.2) is 4.98 Å². The molecule has 3 rings (SSSR count). The molecule has 0 aliphatic carbocycles. The molecule has 0 atom stereocenters. The van der Waals surface area contributed by atoms with E-state index in [1.54, 1.807) is 18.4 Å². The monoisotopic (exact) mass is 299 g/mol. The number of hydrogen-bond donors (Lipinski definition) is 1. The molecule has 3 aromatic rings. The van der Waals surface area contributed by atoms with E-state index < -0.39 is 0 Å². The van der Waals surface area contributed by atoms with Gasteiger partial charge in [0.15, 0.2) is 0 Å². The highest BCUT2D eigenvalue weighted by molar-refractivity contribution is 7.11. The summed E-state index contributed by atoms with van der Waals surface area (Å²) < 4.78 is 5.14. The summed E-state index contributed by atoms with van der Waals surface area (Å²) in [6, 6.07) is 14.7. The quantitative estimate of drug-likeness (QED) is 0.783. The summed E-state index contributed by atoms with van der Waals surface area (Å²) in [5.41, 5.74) is 2.11. The lowest BCUT2D eigenvalue weighted by atomic mass is 10.0. The topological polar surface area (TPSA) is 42.4 Å². The molecule has 0 aliphatic heterocycles. The van der Waals surface area contributed by atoms with Gasteiger partial charge in [0.2, 0.25) is 0 Å². The Morgan fingerprint density at radius 3 is 2.76 bits per heavy atom. The number of aromatic nitrogens is 1. The van der Waals surface area contributed by atoms with E-state index in [0.29, 0.717) is 6.61 Å². The Bertz CT molecular complexity index is 746. The van der Waals surface area contributed by atoms with Crippen molar-refractivity contribution >= 4 is 22.1 Å². The van der Waals surface area contributed by atoms with Gasteiger partial charge in [-0.05, 0) is 16.3 Å². The molecule has 21 heavy (non-hydrogen) atoms. The van der Waals surface area contributed by atoms with Crippen molar-refractivity contribution in [3.05, 3.63) is 63.6 Å². The summed E-state index contributed by atoms with van der Waals surface area (Å²) in [4.78, 5) is 5.50. The number of rotatable bonds is 5. The average Bonchev–Trinajstić information content (AvgIpc) is 2.90. The Balaban J connectivity index is 1.95. The van der Waals surface area contributed by atoms with Gasteiger partial charge in [0, 0.05) is 13.5 Å². The highest BCUT2D eigenvalue weighted by atomic mass is 32.1. The Kier molecular flexibility index (Phi) is 4.29. The van der Waals surface area contributed by atoms with Crippen LogP contribution in [0.25, 0.3) is 10.8 Å². The minimum Gasteiger partial charge on any atom is -0.391 e. The molecule has 0 amide bonds. The van der Waals surface area contributed by atoms with Crippen LogP contribution in [0.3, 0.4) is 0 Å². The van der Waals surface area contributed by atoms with E-state index in [1.807, 2.05) is 0 Å². The molecule has 1 heterocycles. The van der Waals surface area contributed by atoms with Crippen LogP contribution in [0, 0.1) is 0 Å². The third-order valence-corrected chi connectivity index (χ3v) is 4.55. The van der Waals surface area contributed by atoms with Crippen molar-refractivity contribution < 1.29 is 9.84 Å².